The maximum Gasteiger partial charge on any atom is 0.250 e. The predicted molar refractivity (Wildman–Crippen MR) is 81.6 cm³/mol. The number of aldehydes is 2. The molecule has 1 amide bonds. The molecule has 0 aliphatic rings. The first kappa shape index (κ1) is 18.0. The normalized spacial score (nSPS) is 12.0. The van der Waals surface area contributed by atoms with Gasteiger partial charge in [-0.15, -0.1) is 0 Å². The molecule has 1 atom stereocenters. The van der Waals surface area contributed by atoms with Crippen molar-refractivity contribution in [2.24, 2.45) is 0 Å². The van der Waals surface area contributed by atoms with Gasteiger partial charge < -0.3 is 4.79 Å². The van der Waals surface area contributed by atoms with Crippen molar-refractivity contribution in [2.45, 2.75) is 25.4 Å². The lowest BCUT2D eigenvalue weighted by Crippen LogP contribution is -2.34. The molecule has 0 fully saturated rings. The Labute approximate surface area is 130 Å². The number of likely N-dealkylation sites (N-methyl/N-ethyl adjacent to an activating group) is 1. The van der Waals surface area contributed by atoms with Crippen LogP contribution < -0.4 is 5.46 Å². The SMILES string of the molecule is [B]c1ccc(C=O)c(CN(C)C(C=O)CCC(=O)N(C)F)c1. The highest BCUT2D eigenvalue weighted by Gasteiger charge is 2.18. The minimum atomic E-state index is -0.683. The molecule has 116 valence electrons. The maximum absolute atomic E-state index is 12.7. The molecule has 0 aliphatic heterocycles. The van der Waals surface area contributed by atoms with Crippen molar-refractivity contribution in [3.05, 3.63) is 29.3 Å². The standard InChI is InChI=1S/C15H18BFN2O3/c1-18(14(10-21)5-6-15(22)19(2)17)8-12-7-13(16)4-3-11(12)9-20/h3-4,7,9-10,14H,5-6,8H2,1-2H3. The van der Waals surface area contributed by atoms with Crippen LogP contribution in [-0.2, 0) is 16.1 Å². The Morgan fingerprint density at radius 2 is 2.05 bits per heavy atom. The number of amides is 1. The molecule has 0 bridgehead atoms. The average molecular weight is 304 g/mol. The Balaban J connectivity index is 2.74. The second-order valence-corrected chi connectivity index (χ2v) is 5.10. The maximum atomic E-state index is 12.7. The molecular formula is C15H18BFN2O3. The van der Waals surface area contributed by atoms with E-state index in [1.807, 2.05) is 0 Å². The third-order valence-electron chi connectivity index (χ3n) is 3.43. The highest BCUT2D eigenvalue weighted by atomic mass is 19.2. The van der Waals surface area contributed by atoms with Crippen LogP contribution in [0.25, 0.3) is 0 Å². The van der Waals surface area contributed by atoms with Crippen LogP contribution in [0.3, 0.4) is 0 Å². The lowest BCUT2D eigenvalue weighted by Gasteiger charge is -2.24. The molecule has 0 aliphatic carbocycles. The van der Waals surface area contributed by atoms with Crippen molar-refractivity contribution in [3.8, 4) is 0 Å². The molecule has 2 radical (unpaired) electrons. The van der Waals surface area contributed by atoms with Crippen LogP contribution in [0.15, 0.2) is 18.2 Å². The number of hydrogen-bond acceptors (Lipinski definition) is 4. The lowest BCUT2D eigenvalue weighted by molar-refractivity contribution is -0.143. The fraction of sp³-hybridized carbons (Fsp3) is 0.400. The fourth-order valence-corrected chi connectivity index (χ4v) is 2.08. The van der Waals surface area contributed by atoms with E-state index in [9.17, 15) is 18.9 Å². The number of hydrogen-bond donors (Lipinski definition) is 0. The van der Waals surface area contributed by atoms with Crippen LogP contribution in [-0.4, -0.2) is 56.5 Å². The number of carbonyl (C=O) groups excluding carboxylic acids is 3. The van der Waals surface area contributed by atoms with E-state index in [4.69, 9.17) is 7.85 Å². The largest absolute Gasteiger partial charge is 0.302 e. The summed E-state index contributed by atoms with van der Waals surface area (Å²) in [7, 11) is 8.42. The average Bonchev–Trinajstić information content (AvgIpc) is 2.47. The van der Waals surface area contributed by atoms with E-state index in [-0.39, 0.29) is 18.0 Å². The van der Waals surface area contributed by atoms with Gasteiger partial charge in [-0.1, -0.05) is 28.1 Å². The van der Waals surface area contributed by atoms with E-state index < -0.39 is 11.9 Å². The van der Waals surface area contributed by atoms with Crippen molar-refractivity contribution < 1.29 is 18.9 Å². The summed E-state index contributed by atoms with van der Waals surface area (Å²) in [6, 6.07) is 4.36. The summed E-state index contributed by atoms with van der Waals surface area (Å²) in [4.78, 5) is 35.2. The Hall–Kier alpha value is -2.02. The molecule has 22 heavy (non-hydrogen) atoms. The quantitative estimate of drug-likeness (QED) is 0.397. The molecule has 1 unspecified atom stereocenters. The molecule has 7 heteroatoms. The molecule has 0 aromatic heterocycles. The van der Waals surface area contributed by atoms with Gasteiger partial charge in [0.25, 0.3) is 0 Å². The predicted octanol–water partition coefficient (Wildman–Crippen LogP) is 0.415. The molecule has 1 rings (SSSR count). The third-order valence-corrected chi connectivity index (χ3v) is 3.43. The van der Waals surface area contributed by atoms with Crippen LogP contribution in [0, 0.1) is 0 Å². The minimum absolute atomic E-state index is 0.00422. The van der Waals surface area contributed by atoms with Gasteiger partial charge in [-0.3, -0.25) is 14.5 Å². The Morgan fingerprint density at radius 1 is 1.36 bits per heavy atom. The monoisotopic (exact) mass is 304 g/mol. The summed E-state index contributed by atoms with van der Waals surface area (Å²) in [6.07, 6.45) is 1.56. The third kappa shape index (κ3) is 5.07. The van der Waals surface area contributed by atoms with Gasteiger partial charge in [0, 0.05) is 25.6 Å². The summed E-state index contributed by atoms with van der Waals surface area (Å²) in [5.41, 5.74) is 1.70. The fourth-order valence-electron chi connectivity index (χ4n) is 2.08. The van der Waals surface area contributed by atoms with Crippen molar-refractivity contribution >= 4 is 31.8 Å². The van der Waals surface area contributed by atoms with Gasteiger partial charge in [-0.05, 0) is 19.0 Å². The van der Waals surface area contributed by atoms with Gasteiger partial charge in [-0.25, -0.2) is 0 Å². The second kappa shape index (κ2) is 8.43. The van der Waals surface area contributed by atoms with Gasteiger partial charge in [-0.2, -0.15) is 5.12 Å². The summed E-state index contributed by atoms with van der Waals surface area (Å²) < 4.78 is 12.7. The van der Waals surface area contributed by atoms with Crippen LogP contribution in [0.2, 0.25) is 0 Å². The molecule has 0 saturated carbocycles. The Bertz CT molecular complexity index is 552. The first-order chi connectivity index (χ1) is 10.4. The number of benzene rings is 1. The van der Waals surface area contributed by atoms with Crippen molar-refractivity contribution in [1.29, 1.82) is 0 Å². The first-order valence-corrected chi connectivity index (χ1v) is 6.80. The van der Waals surface area contributed by atoms with Crippen molar-refractivity contribution in [3.63, 3.8) is 0 Å². The van der Waals surface area contributed by atoms with E-state index in [1.54, 1.807) is 30.1 Å². The molecular weight excluding hydrogens is 286 g/mol. The summed E-state index contributed by atoms with van der Waals surface area (Å²) >= 11 is 0. The first-order valence-electron chi connectivity index (χ1n) is 6.80. The van der Waals surface area contributed by atoms with Crippen LogP contribution in [0.1, 0.15) is 28.8 Å². The van der Waals surface area contributed by atoms with E-state index in [0.29, 0.717) is 29.4 Å². The summed E-state index contributed by atoms with van der Waals surface area (Å²) in [5, 5.41) is 0.00422. The van der Waals surface area contributed by atoms with Gasteiger partial charge in [0.05, 0.1) is 6.04 Å². The second-order valence-electron chi connectivity index (χ2n) is 5.10. The molecule has 0 heterocycles. The number of carbonyl (C=O) groups is 3. The minimum Gasteiger partial charge on any atom is -0.302 e. The van der Waals surface area contributed by atoms with Crippen LogP contribution in [0.4, 0.5) is 4.48 Å². The van der Waals surface area contributed by atoms with Gasteiger partial charge >= 0.3 is 0 Å². The van der Waals surface area contributed by atoms with E-state index in [1.165, 1.54) is 0 Å². The zero-order chi connectivity index (χ0) is 16.7. The van der Waals surface area contributed by atoms with Crippen molar-refractivity contribution in [1.82, 2.24) is 10.0 Å². The van der Waals surface area contributed by atoms with Crippen LogP contribution in [0.5, 0.6) is 0 Å². The van der Waals surface area contributed by atoms with Gasteiger partial charge in [0.1, 0.15) is 20.4 Å². The molecule has 1 aromatic carbocycles. The zero-order valence-electron chi connectivity index (χ0n) is 12.7. The van der Waals surface area contributed by atoms with E-state index >= 15 is 0 Å². The number of rotatable bonds is 8. The van der Waals surface area contributed by atoms with Crippen LogP contribution >= 0.6 is 0 Å². The molecule has 1 aromatic rings. The number of halogens is 1. The smallest absolute Gasteiger partial charge is 0.250 e. The number of nitrogens with zero attached hydrogens (tertiary/aromatic N) is 2. The van der Waals surface area contributed by atoms with Gasteiger partial charge in [0.2, 0.25) is 5.91 Å². The molecule has 5 nitrogen and oxygen atoms in total. The highest BCUT2D eigenvalue weighted by Crippen LogP contribution is 2.12. The lowest BCUT2D eigenvalue weighted by atomic mass is 9.92. The molecule has 0 saturated heterocycles. The molecule has 0 N–H and O–H groups in total. The van der Waals surface area contributed by atoms with E-state index in [0.717, 1.165) is 13.3 Å². The topological polar surface area (TPSA) is 57.7 Å². The highest BCUT2D eigenvalue weighted by molar-refractivity contribution is 6.32. The van der Waals surface area contributed by atoms with E-state index in [2.05, 4.69) is 0 Å². The Morgan fingerprint density at radius 3 is 2.59 bits per heavy atom. The van der Waals surface area contributed by atoms with Crippen molar-refractivity contribution in [2.75, 3.05) is 14.1 Å². The Kier molecular flexibility index (Phi) is 6.91. The summed E-state index contributed by atoms with van der Waals surface area (Å²) in [6.45, 7) is 0.322. The zero-order valence-corrected chi connectivity index (χ0v) is 12.7. The summed E-state index contributed by atoms with van der Waals surface area (Å²) in [5.74, 6) is -0.683. The van der Waals surface area contributed by atoms with Gasteiger partial charge in [0.15, 0.2) is 0 Å². The molecule has 0 spiro atoms.